The molecule has 1 aliphatic rings. The number of methoxy groups -OCH3 is 2. The van der Waals surface area contributed by atoms with Crippen LogP contribution in [0.2, 0.25) is 10.0 Å². The van der Waals surface area contributed by atoms with Crippen LogP contribution in [-0.2, 0) is 6.42 Å². The summed E-state index contributed by atoms with van der Waals surface area (Å²) in [4.78, 5) is 19.2. The number of hydrogen-bond acceptors (Lipinski definition) is 3. The maximum atomic E-state index is 13.7. The molecule has 0 fully saturated rings. The zero-order chi connectivity index (χ0) is 23.1. The summed E-state index contributed by atoms with van der Waals surface area (Å²) in [5.41, 5.74) is 4.50. The predicted molar refractivity (Wildman–Crippen MR) is 131 cm³/mol. The van der Waals surface area contributed by atoms with E-state index in [9.17, 15) is 4.79 Å². The van der Waals surface area contributed by atoms with Crippen molar-refractivity contribution in [2.24, 2.45) is 0 Å². The summed E-state index contributed by atoms with van der Waals surface area (Å²) < 4.78 is 11.1. The SMILES string of the molecule is COc1ccc2[nH]c3c(c2c1)CCN(C(=O)c1cc(Cl)cc(Cl)c1)C3c1ccccc1OC. The van der Waals surface area contributed by atoms with Crippen molar-refractivity contribution >= 4 is 40.0 Å². The number of amides is 1. The van der Waals surface area contributed by atoms with Crippen LogP contribution in [0.5, 0.6) is 11.5 Å². The van der Waals surface area contributed by atoms with E-state index in [0.29, 0.717) is 34.3 Å². The van der Waals surface area contributed by atoms with Crippen molar-refractivity contribution < 1.29 is 14.3 Å². The van der Waals surface area contributed by atoms with E-state index >= 15 is 0 Å². The van der Waals surface area contributed by atoms with Crippen LogP contribution in [0.3, 0.4) is 0 Å². The van der Waals surface area contributed by atoms with Crippen LogP contribution in [0, 0.1) is 0 Å². The van der Waals surface area contributed by atoms with E-state index in [1.54, 1.807) is 32.4 Å². The Morgan fingerprint density at radius 3 is 2.48 bits per heavy atom. The third-order valence-corrected chi connectivity index (χ3v) is 6.57. The van der Waals surface area contributed by atoms with Crippen LogP contribution >= 0.6 is 23.2 Å². The van der Waals surface area contributed by atoms with Crippen LogP contribution < -0.4 is 9.47 Å². The molecular formula is C26H22Cl2N2O3. The minimum Gasteiger partial charge on any atom is -0.497 e. The Morgan fingerprint density at radius 1 is 1.00 bits per heavy atom. The van der Waals surface area contributed by atoms with Gasteiger partial charge in [-0.15, -0.1) is 0 Å². The normalized spacial score (nSPS) is 15.4. The van der Waals surface area contributed by atoms with Crippen LogP contribution in [-0.4, -0.2) is 36.6 Å². The highest BCUT2D eigenvalue weighted by atomic mass is 35.5. The van der Waals surface area contributed by atoms with Gasteiger partial charge in [0.1, 0.15) is 17.5 Å². The number of para-hydroxylation sites is 1. The maximum Gasteiger partial charge on any atom is 0.254 e. The minimum absolute atomic E-state index is 0.141. The number of carbonyl (C=O) groups is 1. The molecule has 4 aromatic rings. The molecule has 1 aliphatic heterocycles. The summed E-state index contributed by atoms with van der Waals surface area (Å²) in [7, 11) is 3.30. The second-order valence-electron chi connectivity index (χ2n) is 7.98. The molecule has 0 radical (unpaired) electrons. The van der Waals surface area contributed by atoms with Crippen LogP contribution in [0.1, 0.15) is 33.2 Å². The fourth-order valence-electron chi connectivity index (χ4n) is 4.67. The number of aromatic amines is 1. The Kier molecular flexibility index (Phi) is 5.69. The lowest BCUT2D eigenvalue weighted by molar-refractivity contribution is 0.0690. The van der Waals surface area contributed by atoms with Crippen LogP contribution in [0.4, 0.5) is 0 Å². The summed E-state index contributed by atoms with van der Waals surface area (Å²) in [5.74, 6) is 1.37. The second kappa shape index (κ2) is 8.65. The van der Waals surface area contributed by atoms with Gasteiger partial charge in [-0.25, -0.2) is 0 Å². The van der Waals surface area contributed by atoms with E-state index in [2.05, 4.69) is 4.98 Å². The zero-order valence-corrected chi connectivity index (χ0v) is 19.7. The molecule has 0 saturated heterocycles. The Labute approximate surface area is 201 Å². The molecule has 1 amide bonds. The second-order valence-corrected chi connectivity index (χ2v) is 8.85. The number of nitrogens with zero attached hydrogens (tertiary/aromatic N) is 1. The molecule has 2 heterocycles. The number of ether oxygens (including phenoxy) is 2. The number of fused-ring (bicyclic) bond motifs is 3. The van der Waals surface area contributed by atoms with Gasteiger partial charge >= 0.3 is 0 Å². The average Bonchev–Trinajstić information content (AvgIpc) is 3.20. The van der Waals surface area contributed by atoms with E-state index in [1.807, 2.05) is 47.4 Å². The third kappa shape index (κ3) is 3.81. The van der Waals surface area contributed by atoms with Gasteiger partial charge in [0.2, 0.25) is 0 Å². The highest BCUT2D eigenvalue weighted by Gasteiger charge is 2.36. The van der Waals surface area contributed by atoms with E-state index < -0.39 is 0 Å². The summed E-state index contributed by atoms with van der Waals surface area (Å²) in [6, 6.07) is 18.3. The molecule has 0 bridgehead atoms. The van der Waals surface area contributed by atoms with Gasteiger partial charge in [-0.05, 0) is 54.4 Å². The molecule has 0 spiro atoms. The number of benzene rings is 3. The molecule has 1 aromatic heterocycles. The monoisotopic (exact) mass is 480 g/mol. The Hall–Kier alpha value is -3.15. The van der Waals surface area contributed by atoms with Crippen molar-refractivity contribution in [3.8, 4) is 11.5 Å². The van der Waals surface area contributed by atoms with Crippen LogP contribution in [0.25, 0.3) is 10.9 Å². The van der Waals surface area contributed by atoms with Crippen molar-refractivity contribution in [2.45, 2.75) is 12.5 Å². The third-order valence-electron chi connectivity index (χ3n) is 6.14. The first-order valence-corrected chi connectivity index (χ1v) is 11.3. The topological polar surface area (TPSA) is 54.6 Å². The lowest BCUT2D eigenvalue weighted by Crippen LogP contribution is -2.40. The lowest BCUT2D eigenvalue weighted by Gasteiger charge is -2.37. The first-order chi connectivity index (χ1) is 16.0. The Balaban J connectivity index is 1.70. The predicted octanol–water partition coefficient (Wildman–Crippen LogP) is 6.28. The van der Waals surface area contributed by atoms with Crippen LogP contribution in [0.15, 0.2) is 60.7 Å². The maximum absolute atomic E-state index is 13.7. The van der Waals surface area contributed by atoms with Crippen molar-refractivity contribution in [3.63, 3.8) is 0 Å². The molecule has 5 nitrogen and oxygen atoms in total. The number of halogens is 2. The molecule has 1 atom stereocenters. The average molecular weight is 481 g/mol. The quantitative estimate of drug-likeness (QED) is 0.373. The largest absolute Gasteiger partial charge is 0.497 e. The Morgan fingerprint density at radius 2 is 1.76 bits per heavy atom. The number of H-pyrrole nitrogens is 1. The number of aromatic nitrogens is 1. The van der Waals surface area contributed by atoms with Gasteiger partial charge in [-0.3, -0.25) is 4.79 Å². The number of nitrogens with one attached hydrogen (secondary N) is 1. The first kappa shape index (κ1) is 21.7. The molecule has 0 saturated carbocycles. The van der Waals surface area contributed by atoms with Gasteiger partial charge < -0.3 is 19.4 Å². The fraction of sp³-hybridized carbons (Fsp3) is 0.192. The molecule has 0 aliphatic carbocycles. The summed E-state index contributed by atoms with van der Waals surface area (Å²) in [5, 5.41) is 1.95. The number of hydrogen-bond donors (Lipinski definition) is 1. The van der Waals surface area contributed by atoms with Gasteiger partial charge in [0.05, 0.1) is 14.2 Å². The fourth-order valence-corrected chi connectivity index (χ4v) is 5.20. The summed E-state index contributed by atoms with van der Waals surface area (Å²) in [6.07, 6.45) is 0.703. The van der Waals surface area contributed by atoms with Gasteiger partial charge in [0.25, 0.3) is 5.91 Å². The number of rotatable bonds is 4. The molecule has 3 aromatic carbocycles. The molecular weight excluding hydrogens is 459 g/mol. The smallest absolute Gasteiger partial charge is 0.254 e. The van der Waals surface area contributed by atoms with Gasteiger partial charge in [0.15, 0.2) is 0 Å². The van der Waals surface area contributed by atoms with E-state index in [4.69, 9.17) is 32.7 Å². The standard InChI is InChI=1S/C26H22Cl2N2O3/c1-32-18-7-8-22-21(14-18)19-9-10-30(26(31)15-11-16(27)13-17(28)12-15)25(24(19)29-22)20-5-3-4-6-23(20)33-2/h3-8,11-14,25,29H,9-10H2,1-2H3. The Bertz CT molecular complexity index is 1340. The van der Waals surface area contributed by atoms with Gasteiger partial charge in [-0.2, -0.15) is 0 Å². The van der Waals surface area contributed by atoms with Crippen molar-refractivity contribution in [1.29, 1.82) is 0 Å². The molecule has 5 rings (SSSR count). The highest BCUT2D eigenvalue weighted by molar-refractivity contribution is 6.35. The van der Waals surface area contributed by atoms with E-state index in [0.717, 1.165) is 27.9 Å². The van der Waals surface area contributed by atoms with E-state index in [-0.39, 0.29) is 11.9 Å². The first-order valence-electron chi connectivity index (χ1n) is 10.6. The van der Waals surface area contributed by atoms with E-state index in [1.165, 1.54) is 5.56 Å². The van der Waals surface area contributed by atoms with Gasteiger partial charge in [0, 0.05) is 44.3 Å². The molecule has 33 heavy (non-hydrogen) atoms. The molecule has 1 N–H and O–H groups in total. The molecule has 7 heteroatoms. The van der Waals surface area contributed by atoms with Crippen molar-refractivity contribution in [2.75, 3.05) is 20.8 Å². The molecule has 168 valence electrons. The summed E-state index contributed by atoms with van der Waals surface area (Å²) in [6.45, 7) is 0.531. The zero-order valence-electron chi connectivity index (χ0n) is 18.2. The van der Waals surface area contributed by atoms with Crippen molar-refractivity contribution in [1.82, 2.24) is 9.88 Å². The number of carbonyl (C=O) groups excluding carboxylic acids is 1. The van der Waals surface area contributed by atoms with Gasteiger partial charge in [-0.1, -0.05) is 41.4 Å². The lowest BCUT2D eigenvalue weighted by atomic mass is 9.91. The summed E-state index contributed by atoms with van der Waals surface area (Å²) >= 11 is 12.4. The highest BCUT2D eigenvalue weighted by Crippen LogP contribution is 2.42. The minimum atomic E-state index is -0.367. The molecule has 1 unspecified atom stereocenters. The van der Waals surface area contributed by atoms with Crippen molar-refractivity contribution in [3.05, 3.63) is 93.1 Å².